The monoisotopic (exact) mass is 367 g/mol. The Labute approximate surface area is 159 Å². The lowest BCUT2D eigenvalue weighted by Gasteiger charge is -2.22. The zero-order chi connectivity index (χ0) is 19.1. The summed E-state index contributed by atoms with van der Waals surface area (Å²) in [5, 5.41) is 5.76. The van der Waals surface area contributed by atoms with E-state index in [0.29, 0.717) is 24.6 Å². The van der Waals surface area contributed by atoms with Crippen LogP contribution in [0.1, 0.15) is 35.7 Å². The van der Waals surface area contributed by atoms with Crippen LogP contribution in [0.15, 0.2) is 42.6 Å². The first kappa shape index (κ1) is 19.0. The highest BCUT2D eigenvalue weighted by Gasteiger charge is 2.15. The Bertz CT molecular complexity index is 766. The number of hydrogen-bond donors (Lipinski definition) is 2. The number of nitrogens with one attached hydrogen (secondary N) is 2. The van der Waals surface area contributed by atoms with Gasteiger partial charge >= 0.3 is 0 Å². The van der Waals surface area contributed by atoms with Gasteiger partial charge in [-0.1, -0.05) is 18.2 Å². The molecule has 6 heteroatoms. The quantitative estimate of drug-likeness (QED) is 0.822. The minimum Gasteiger partial charge on any atom is -0.381 e. The molecule has 1 aromatic heterocycles. The van der Waals surface area contributed by atoms with Gasteiger partial charge in [-0.05, 0) is 42.5 Å². The lowest BCUT2D eigenvalue weighted by molar-refractivity contribution is -0.119. The first-order valence-corrected chi connectivity index (χ1v) is 9.27. The molecule has 0 unspecified atom stereocenters. The van der Waals surface area contributed by atoms with Crippen molar-refractivity contribution in [3.63, 3.8) is 0 Å². The minimum absolute atomic E-state index is 0.0494. The van der Waals surface area contributed by atoms with Crippen LogP contribution >= 0.6 is 0 Å². The maximum atomic E-state index is 12.3. The molecule has 2 heterocycles. The van der Waals surface area contributed by atoms with E-state index in [1.54, 1.807) is 6.20 Å². The fourth-order valence-corrected chi connectivity index (χ4v) is 3.01. The molecule has 3 rings (SSSR count). The lowest BCUT2D eigenvalue weighted by Crippen LogP contribution is -2.32. The van der Waals surface area contributed by atoms with E-state index in [4.69, 9.17) is 4.74 Å². The van der Waals surface area contributed by atoms with Gasteiger partial charge in [-0.15, -0.1) is 0 Å². The van der Waals surface area contributed by atoms with Crippen molar-refractivity contribution in [1.82, 2.24) is 15.6 Å². The van der Waals surface area contributed by atoms with Gasteiger partial charge in [-0.2, -0.15) is 0 Å². The summed E-state index contributed by atoms with van der Waals surface area (Å²) in [6, 6.07) is 11.3. The second-order valence-corrected chi connectivity index (χ2v) is 6.80. The van der Waals surface area contributed by atoms with Gasteiger partial charge in [0.25, 0.3) is 5.91 Å². The highest BCUT2D eigenvalue weighted by atomic mass is 16.5. The summed E-state index contributed by atoms with van der Waals surface area (Å²) in [5.74, 6) is 0.388. The number of amides is 2. The van der Waals surface area contributed by atoms with Crippen molar-refractivity contribution in [3.8, 4) is 11.3 Å². The molecule has 1 fully saturated rings. The predicted octanol–water partition coefficient (Wildman–Crippen LogP) is 2.54. The molecule has 0 aliphatic carbocycles. The van der Waals surface area contributed by atoms with E-state index < -0.39 is 0 Å². The second-order valence-electron chi connectivity index (χ2n) is 6.80. The summed E-state index contributed by atoms with van der Waals surface area (Å²) in [6.45, 7) is 4.22. The van der Waals surface area contributed by atoms with Crippen LogP contribution < -0.4 is 10.6 Å². The first-order chi connectivity index (χ1) is 13.1. The molecule has 0 atom stereocenters. The second kappa shape index (κ2) is 9.28. The summed E-state index contributed by atoms with van der Waals surface area (Å²) in [7, 11) is 0. The average Bonchev–Trinajstić information content (AvgIpc) is 2.72. The fraction of sp³-hybridized carbons (Fsp3) is 0.381. The number of carbonyl (C=O) groups is 2. The Balaban J connectivity index is 1.56. The van der Waals surface area contributed by atoms with Crippen LogP contribution in [0.5, 0.6) is 0 Å². The Kier molecular flexibility index (Phi) is 6.54. The fourth-order valence-electron chi connectivity index (χ4n) is 3.01. The first-order valence-electron chi connectivity index (χ1n) is 9.27. The molecule has 0 radical (unpaired) electrons. The third kappa shape index (κ3) is 5.62. The zero-order valence-corrected chi connectivity index (χ0v) is 15.5. The molecule has 0 saturated carbocycles. The van der Waals surface area contributed by atoms with Gasteiger partial charge in [0.05, 0.1) is 5.69 Å². The van der Waals surface area contributed by atoms with E-state index in [0.717, 1.165) is 42.9 Å². The molecule has 0 spiro atoms. The molecule has 2 amide bonds. The lowest BCUT2D eigenvalue weighted by atomic mass is 10.0. The van der Waals surface area contributed by atoms with E-state index in [1.807, 2.05) is 36.4 Å². The Hall–Kier alpha value is -2.73. The van der Waals surface area contributed by atoms with Gasteiger partial charge in [0.15, 0.2) is 0 Å². The molecule has 1 aliphatic heterocycles. The smallest absolute Gasteiger partial charge is 0.251 e. The van der Waals surface area contributed by atoms with Crippen LogP contribution in [0.4, 0.5) is 0 Å². The van der Waals surface area contributed by atoms with Gasteiger partial charge in [0.2, 0.25) is 5.91 Å². The van der Waals surface area contributed by atoms with Gasteiger partial charge in [-0.3, -0.25) is 14.6 Å². The highest BCUT2D eigenvalue weighted by Crippen LogP contribution is 2.18. The average molecular weight is 367 g/mol. The maximum absolute atomic E-state index is 12.3. The number of carbonyl (C=O) groups excluding carboxylic acids is 2. The molecule has 6 nitrogen and oxygen atoms in total. The molecule has 1 aromatic carbocycles. The van der Waals surface area contributed by atoms with Crippen LogP contribution in [0.25, 0.3) is 11.3 Å². The molecule has 2 aromatic rings. The summed E-state index contributed by atoms with van der Waals surface area (Å²) in [5.41, 5.74) is 3.36. The minimum atomic E-state index is -0.0650. The van der Waals surface area contributed by atoms with Gasteiger partial charge < -0.3 is 15.4 Å². The molecule has 1 aliphatic rings. The van der Waals surface area contributed by atoms with Crippen molar-refractivity contribution in [1.29, 1.82) is 0 Å². The third-order valence-corrected chi connectivity index (χ3v) is 4.70. The van der Waals surface area contributed by atoms with Gasteiger partial charge in [0.1, 0.15) is 0 Å². The molecule has 2 N–H and O–H groups in total. The van der Waals surface area contributed by atoms with Crippen molar-refractivity contribution in [2.24, 2.45) is 5.92 Å². The summed E-state index contributed by atoms with van der Waals surface area (Å²) in [4.78, 5) is 27.7. The highest BCUT2D eigenvalue weighted by molar-refractivity contribution is 5.94. The predicted molar refractivity (Wildman–Crippen MR) is 103 cm³/mol. The molecule has 1 saturated heterocycles. The van der Waals surface area contributed by atoms with E-state index in [9.17, 15) is 9.59 Å². The van der Waals surface area contributed by atoms with E-state index in [1.165, 1.54) is 6.92 Å². The normalized spacial score (nSPS) is 14.6. The topological polar surface area (TPSA) is 80.3 Å². The number of aromatic nitrogens is 1. The molecule has 27 heavy (non-hydrogen) atoms. The molecule has 0 bridgehead atoms. The Morgan fingerprint density at radius 2 is 1.81 bits per heavy atom. The van der Waals surface area contributed by atoms with Crippen molar-refractivity contribution in [2.75, 3.05) is 19.8 Å². The number of ether oxygens (including phenoxy) is 1. The molecular weight excluding hydrogens is 342 g/mol. The number of benzene rings is 1. The number of rotatable bonds is 6. The third-order valence-electron chi connectivity index (χ3n) is 4.70. The number of pyridine rings is 1. The van der Waals surface area contributed by atoms with Crippen molar-refractivity contribution in [3.05, 3.63) is 53.7 Å². The maximum Gasteiger partial charge on any atom is 0.251 e. The summed E-state index contributed by atoms with van der Waals surface area (Å²) in [6.07, 6.45) is 3.76. The Morgan fingerprint density at radius 1 is 1.07 bits per heavy atom. The largest absolute Gasteiger partial charge is 0.381 e. The SMILES string of the molecule is CC(=O)NCc1ccc(-c2ccc(C(=O)NCC3CCOCC3)cc2)nc1. The van der Waals surface area contributed by atoms with Crippen LogP contribution in [0, 0.1) is 5.92 Å². The van der Waals surface area contributed by atoms with E-state index in [-0.39, 0.29) is 11.8 Å². The van der Waals surface area contributed by atoms with E-state index in [2.05, 4.69) is 15.6 Å². The molecular formula is C21H25N3O3. The van der Waals surface area contributed by atoms with Gasteiger partial charge in [0, 0.05) is 50.6 Å². The standard InChI is InChI=1S/C21H25N3O3/c1-15(25)22-13-17-2-7-20(23-14-17)18-3-5-19(6-4-18)21(26)24-12-16-8-10-27-11-9-16/h2-7,14,16H,8-13H2,1H3,(H,22,25)(H,24,26). The number of hydrogen-bond acceptors (Lipinski definition) is 4. The number of nitrogens with zero attached hydrogens (tertiary/aromatic N) is 1. The Morgan fingerprint density at radius 3 is 2.44 bits per heavy atom. The van der Waals surface area contributed by atoms with Gasteiger partial charge in [-0.25, -0.2) is 0 Å². The van der Waals surface area contributed by atoms with Crippen molar-refractivity contribution in [2.45, 2.75) is 26.3 Å². The zero-order valence-electron chi connectivity index (χ0n) is 15.5. The van der Waals surface area contributed by atoms with Crippen molar-refractivity contribution < 1.29 is 14.3 Å². The van der Waals surface area contributed by atoms with E-state index >= 15 is 0 Å². The molecule has 142 valence electrons. The van der Waals surface area contributed by atoms with Crippen LogP contribution in [-0.4, -0.2) is 36.6 Å². The van der Waals surface area contributed by atoms with Crippen LogP contribution in [0.2, 0.25) is 0 Å². The van der Waals surface area contributed by atoms with Crippen LogP contribution in [-0.2, 0) is 16.1 Å². The summed E-state index contributed by atoms with van der Waals surface area (Å²) < 4.78 is 5.34. The van der Waals surface area contributed by atoms with Crippen molar-refractivity contribution >= 4 is 11.8 Å². The summed E-state index contributed by atoms with van der Waals surface area (Å²) >= 11 is 0. The van der Waals surface area contributed by atoms with Crippen LogP contribution in [0.3, 0.4) is 0 Å².